The van der Waals surface area contributed by atoms with Crippen molar-refractivity contribution in [2.75, 3.05) is 25.9 Å². The Morgan fingerprint density at radius 3 is 2.48 bits per heavy atom. The van der Waals surface area contributed by atoms with Gasteiger partial charge in [0.1, 0.15) is 5.82 Å². The normalized spacial score (nSPS) is 15.9. The first-order valence-corrected chi connectivity index (χ1v) is 7.00. The second-order valence-electron chi connectivity index (χ2n) is 5.35. The van der Waals surface area contributed by atoms with Gasteiger partial charge in [-0.25, -0.2) is 4.39 Å². The molecule has 3 N–H and O–H groups in total. The summed E-state index contributed by atoms with van der Waals surface area (Å²) in [6.45, 7) is 2.56. The van der Waals surface area contributed by atoms with Crippen LogP contribution in [0.15, 0.2) is 12.1 Å². The number of nitrogens with one attached hydrogen (secondary N) is 1. The number of benzene rings is 1. The van der Waals surface area contributed by atoms with E-state index in [4.69, 9.17) is 5.73 Å². The minimum absolute atomic E-state index is 0.00715. The highest BCUT2D eigenvalue weighted by atomic mass is 19.1. The van der Waals surface area contributed by atoms with Crippen molar-refractivity contribution >= 4 is 17.5 Å². The van der Waals surface area contributed by atoms with E-state index in [9.17, 15) is 14.0 Å². The lowest BCUT2D eigenvalue weighted by atomic mass is 9.95. The third kappa shape index (κ3) is 3.15. The Morgan fingerprint density at radius 1 is 1.33 bits per heavy atom. The number of amides is 2. The molecule has 1 aliphatic rings. The van der Waals surface area contributed by atoms with E-state index in [1.54, 1.807) is 18.9 Å². The Kier molecular flexibility index (Phi) is 4.45. The number of hydrogen-bond acceptors (Lipinski definition) is 3. The second-order valence-corrected chi connectivity index (χ2v) is 5.35. The van der Waals surface area contributed by atoms with Gasteiger partial charge in [-0.15, -0.1) is 0 Å². The van der Waals surface area contributed by atoms with Crippen LogP contribution in [0, 0.1) is 18.7 Å². The third-order valence-electron chi connectivity index (χ3n) is 4.03. The van der Waals surface area contributed by atoms with Crippen molar-refractivity contribution < 1.29 is 14.0 Å². The van der Waals surface area contributed by atoms with Crippen LogP contribution in [-0.2, 0) is 4.79 Å². The fraction of sp³-hybridized carbons (Fsp3) is 0.467. The van der Waals surface area contributed by atoms with Crippen LogP contribution >= 0.6 is 0 Å². The van der Waals surface area contributed by atoms with E-state index >= 15 is 0 Å². The number of likely N-dealkylation sites (tertiary alicyclic amines) is 1. The summed E-state index contributed by atoms with van der Waals surface area (Å²) in [6.07, 6.45) is 1.24. The molecule has 0 radical (unpaired) electrons. The molecule has 0 bridgehead atoms. The number of hydrogen-bond donors (Lipinski definition) is 2. The van der Waals surface area contributed by atoms with Crippen molar-refractivity contribution in [3.63, 3.8) is 0 Å². The van der Waals surface area contributed by atoms with Gasteiger partial charge < -0.3 is 16.0 Å². The van der Waals surface area contributed by atoms with Crippen LogP contribution in [0.1, 0.15) is 28.8 Å². The quantitative estimate of drug-likeness (QED) is 0.807. The molecule has 0 aromatic heterocycles. The lowest BCUT2D eigenvalue weighted by Gasteiger charge is -2.31. The molecule has 1 heterocycles. The zero-order chi connectivity index (χ0) is 15.6. The molecule has 2 amide bonds. The molecule has 114 valence electrons. The maximum atomic E-state index is 13.7. The Hall–Kier alpha value is -2.11. The molecule has 1 aromatic rings. The van der Waals surface area contributed by atoms with Gasteiger partial charge >= 0.3 is 0 Å². The highest BCUT2D eigenvalue weighted by molar-refractivity contribution is 5.95. The average Bonchev–Trinajstić information content (AvgIpc) is 2.50. The summed E-state index contributed by atoms with van der Waals surface area (Å²) in [5.74, 6) is -0.763. The number of halogens is 1. The zero-order valence-electron chi connectivity index (χ0n) is 12.3. The molecule has 0 spiro atoms. The van der Waals surface area contributed by atoms with Crippen LogP contribution < -0.4 is 11.1 Å². The number of carbonyl (C=O) groups is 2. The third-order valence-corrected chi connectivity index (χ3v) is 4.03. The summed E-state index contributed by atoms with van der Waals surface area (Å²) < 4.78 is 13.7. The average molecular weight is 293 g/mol. The summed E-state index contributed by atoms with van der Waals surface area (Å²) in [6, 6.07) is 2.73. The van der Waals surface area contributed by atoms with E-state index in [2.05, 4.69) is 5.32 Å². The van der Waals surface area contributed by atoms with Gasteiger partial charge in [-0.3, -0.25) is 9.59 Å². The minimum Gasteiger partial charge on any atom is -0.398 e. The van der Waals surface area contributed by atoms with Crippen molar-refractivity contribution in [2.24, 2.45) is 5.92 Å². The Bertz CT molecular complexity index is 543. The van der Waals surface area contributed by atoms with Crippen molar-refractivity contribution in [3.05, 3.63) is 29.1 Å². The Labute approximate surface area is 123 Å². The van der Waals surface area contributed by atoms with Crippen LogP contribution in [0.2, 0.25) is 0 Å². The smallest absolute Gasteiger partial charge is 0.254 e. The van der Waals surface area contributed by atoms with Crippen LogP contribution in [0.25, 0.3) is 0 Å². The summed E-state index contributed by atoms with van der Waals surface area (Å²) in [7, 11) is 1.61. The fourth-order valence-electron chi connectivity index (χ4n) is 2.56. The zero-order valence-corrected chi connectivity index (χ0v) is 12.3. The minimum atomic E-state index is -0.474. The molecular weight excluding hydrogens is 273 g/mol. The van der Waals surface area contributed by atoms with Crippen molar-refractivity contribution in [1.82, 2.24) is 10.2 Å². The number of nitrogens with zero attached hydrogens (tertiary/aromatic N) is 1. The van der Waals surface area contributed by atoms with Gasteiger partial charge in [0, 0.05) is 42.9 Å². The number of carbonyl (C=O) groups excluding carboxylic acids is 2. The lowest BCUT2D eigenvalue weighted by molar-refractivity contribution is -0.125. The number of anilines is 1. The first-order chi connectivity index (χ1) is 9.93. The first kappa shape index (κ1) is 15.3. The predicted octanol–water partition coefficient (Wildman–Crippen LogP) is 1.31. The van der Waals surface area contributed by atoms with Crippen LogP contribution in [0.4, 0.5) is 10.1 Å². The molecule has 1 aromatic carbocycles. The van der Waals surface area contributed by atoms with E-state index in [0.717, 1.165) is 0 Å². The SMILES string of the molecule is CNC(=O)C1CCN(C(=O)c2cc(N)c(C)c(F)c2)CC1. The molecule has 0 unspecified atom stereocenters. The van der Waals surface area contributed by atoms with Crippen LogP contribution in [0.3, 0.4) is 0 Å². The van der Waals surface area contributed by atoms with Gasteiger partial charge in [-0.05, 0) is 31.9 Å². The van der Waals surface area contributed by atoms with E-state index in [-0.39, 0.29) is 29.0 Å². The van der Waals surface area contributed by atoms with E-state index in [1.807, 2.05) is 0 Å². The van der Waals surface area contributed by atoms with Gasteiger partial charge in [0.15, 0.2) is 0 Å². The van der Waals surface area contributed by atoms with E-state index in [0.29, 0.717) is 31.5 Å². The van der Waals surface area contributed by atoms with Crippen molar-refractivity contribution in [1.29, 1.82) is 0 Å². The van der Waals surface area contributed by atoms with E-state index < -0.39 is 5.82 Å². The Morgan fingerprint density at radius 2 is 1.95 bits per heavy atom. The predicted molar refractivity (Wildman–Crippen MR) is 78.2 cm³/mol. The molecule has 21 heavy (non-hydrogen) atoms. The fourth-order valence-corrected chi connectivity index (χ4v) is 2.56. The highest BCUT2D eigenvalue weighted by Crippen LogP contribution is 2.22. The number of piperidine rings is 1. The maximum Gasteiger partial charge on any atom is 0.254 e. The van der Waals surface area contributed by atoms with Crippen molar-refractivity contribution in [2.45, 2.75) is 19.8 Å². The van der Waals surface area contributed by atoms with Crippen LogP contribution in [0.5, 0.6) is 0 Å². The molecule has 1 saturated heterocycles. The van der Waals surface area contributed by atoms with Gasteiger partial charge in [0.05, 0.1) is 0 Å². The van der Waals surface area contributed by atoms with Gasteiger partial charge in [0.25, 0.3) is 5.91 Å². The molecule has 5 nitrogen and oxygen atoms in total. The maximum absolute atomic E-state index is 13.7. The molecule has 0 aliphatic carbocycles. The standard InChI is InChI=1S/C15H20FN3O2/c1-9-12(16)7-11(8-13(9)17)15(21)19-5-3-10(4-6-19)14(20)18-2/h7-8,10H,3-6,17H2,1-2H3,(H,18,20). The summed E-state index contributed by atoms with van der Waals surface area (Å²) >= 11 is 0. The summed E-state index contributed by atoms with van der Waals surface area (Å²) in [5.41, 5.74) is 6.59. The number of rotatable bonds is 2. The summed E-state index contributed by atoms with van der Waals surface area (Å²) in [5, 5.41) is 2.62. The molecular formula is C15H20FN3O2. The highest BCUT2D eigenvalue weighted by Gasteiger charge is 2.27. The van der Waals surface area contributed by atoms with E-state index in [1.165, 1.54) is 12.1 Å². The molecule has 1 aliphatic heterocycles. The first-order valence-electron chi connectivity index (χ1n) is 7.00. The van der Waals surface area contributed by atoms with Gasteiger partial charge in [-0.1, -0.05) is 0 Å². The van der Waals surface area contributed by atoms with Crippen LogP contribution in [-0.4, -0.2) is 36.9 Å². The van der Waals surface area contributed by atoms with Gasteiger partial charge in [-0.2, -0.15) is 0 Å². The Balaban J connectivity index is 2.07. The molecule has 2 rings (SSSR count). The molecule has 0 saturated carbocycles. The second kappa shape index (κ2) is 6.11. The lowest BCUT2D eigenvalue weighted by Crippen LogP contribution is -2.42. The number of nitrogen functional groups attached to an aromatic ring is 1. The molecule has 0 atom stereocenters. The monoisotopic (exact) mass is 293 g/mol. The number of nitrogens with two attached hydrogens (primary N) is 1. The molecule has 1 fully saturated rings. The topological polar surface area (TPSA) is 75.4 Å². The largest absolute Gasteiger partial charge is 0.398 e. The molecule has 6 heteroatoms. The van der Waals surface area contributed by atoms with Crippen molar-refractivity contribution in [3.8, 4) is 0 Å². The van der Waals surface area contributed by atoms with Gasteiger partial charge in [0.2, 0.25) is 5.91 Å². The summed E-state index contributed by atoms with van der Waals surface area (Å²) in [4.78, 5) is 25.6.